The minimum atomic E-state index is -0.788. The Hall–Kier alpha value is -1.71. The molecule has 0 aliphatic carbocycles. The maximum Gasteiger partial charge on any atom is 0.309 e. The number of rotatable bonds is 4. The molecule has 104 valence electrons. The number of carboxylic acid groups (broad SMARTS) is 1. The van der Waals surface area contributed by atoms with Gasteiger partial charge in [0.25, 0.3) is 0 Å². The Labute approximate surface area is 113 Å². The summed E-state index contributed by atoms with van der Waals surface area (Å²) in [6.07, 6.45) is 1.34. The normalized spacial score (nSPS) is 14.3. The lowest BCUT2D eigenvalue weighted by atomic mass is 9.83. The van der Waals surface area contributed by atoms with Gasteiger partial charge >= 0.3 is 5.97 Å². The van der Waals surface area contributed by atoms with Gasteiger partial charge in [-0.1, -0.05) is 6.92 Å². The van der Waals surface area contributed by atoms with Gasteiger partial charge in [-0.2, -0.15) is 0 Å². The SMILES string of the molecule is CCc1cc2c(cc1CC(C)(C)C(=O)O)OCCO2. The molecule has 0 aromatic heterocycles. The van der Waals surface area contributed by atoms with Crippen molar-refractivity contribution < 1.29 is 19.4 Å². The zero-order chi connectivity index (χ0) is 14.0. The zero-order valence-electron chi connectivity index (χ0n) is 11.7. The molecular weight excluding hydrogens is 244 g/mol. The number of fused-ring (bicyclic) bond motifs is 1. The molecule has 2 rings (SSSR count). The van der Waals surface area contributed by atoms with Crippen LogP contribution in [0.1, 0.15) is 31.9 Å². The molecule has 0 atom stereocenters. The molecule has 0 unspecified atom stereocenters. The van der Waals surface area contributed by atoms with Gasteiger partial charge in [-0.15, -0.1) is 0 Å². The Balaban J connectivity index is 2.36. The molecule has 1 aliphatic rings. The summed E-state index contributed by atoms with van der Waals surface area (Å²) in [4.78, 5) is 11.3. The van der Waals surface area contributed by atoms with Gasteiger partial charge in [0.1, 0.15) is 13.2 Å². The Morgan fingerprint density at radius 1 is 1.21 bits per heavy atom. The van der Waals surface area contributed by atoms with Crippen LogP contribution in [-0.2, 0) is 17.6 Å². The number of benzene rings is 1. The van der Waals surface area contributed by atoms with Crippen molar-refractivity contribution in [2.24, 2.45) is 5.41 Å². The molecule has 0 fully saturated rings. The van der Waals surface area contributed by atoms with Gasteiger partial charge in [0.05, 0.1) is 5.41 Å². The summed E-state index contributed by atoms with van der Waals surface area (Å²) in [5, 5.41) is 9.25. The van der Waals surface area contributed by atoms with Crippen molar-refractivity contribution in [1.82, 2.24) is 0 Å². The fourth-order valence-corrected chi connectivity index (χ4v) is 2.22. The van der Waals surface area contributed by atoms with Crippen molar-refractivity contribution >= 4 is 5.97 Å². The molecule has 1 aliphatic heterocycles. The third kappa shape index (κ3) is 2.83. The summed E-state index contributed by atoms with van der Waals surface area (Å²) in [7, 11) is 0. The van der Waals surface area contributed by atoms with Crippen molar-refractivity contribution in [2.75, 3.05) is 13.2 Å². The van der Waals surface area contributed by atoms with Crippen LogP contribution in [0.15, 0.2) is 12.1 Å². The van der Waals surface area contributed by atoms with Crippen LogP contribution in [0.2, 0.25) is 0 Å². The van der Waals surface area contributed by atoms with Crippen LogP contribution in [0.4, 0.5) is 0 Å². The van der Waals surface area contributed by atoms with Gasteiger partial charge in [0, 0.05) is 0 Å². The van der Waals surface area contributed by atoms with Crippen LogP contribution < -0.4 is 9.47 Å². The van der Waals surface area contributed by atoms with Crippen LogP contribution >= 0.6 is 0 Å². The minimum Gasteiger partial charge on any atom is -0.486 e. The number of hydrogen-bond donors (Lipinski definition) is 1. The third-order valence-corrected chi connectivity index (χ3v) is 3.46. The molecule has 0 spiro atoms. The summed E-state index contributed by atoms with van der Waals surface area (Å²) >= 11 is 0. The predicted octanol–water partition coefficient (Wildman–Crippen LogP) is 2.67. The Bertz CT molecular complexity index is 491. The van der Waals surface area contributed by atoms with E-state index in [4.69, 9.17) is 9.47 Å². The molecule has 0 amide bonds. The first-order chi connectivity index (χ1) is 8.94. The van der Waals surface area contributed by atoms with Crippen molar-refractivity contribution in [3.63, 3.8) is 0 Å². The quantitative estimate of drug-likeness (QED) is 0.908. The highest BCUT2D eigenvalue weighted by Gasteiger charge is 2.29. The second-order valence-corrected chi connectivity index (χ2v) is 5.48. The second-order valence-electron chi connectivity index (χ2n) is 5.48. The molecule has 1 aromatic carbocycles. The molecule has 1 heterocycles. The van der Waals surface area contributed by atoms with Crippen LogP contribution in [0, 0.1) is 5.41 Å². The summed E-state index contributed by atoms with van der Waals surface area (Å²) in [6.45, 7) is 6.65. The second kappa shape index (κ2) is 5.11. The summed E-state index contributed by atoms with van der Waals surface area (Å²) in [5.41, 5.74) is 1.37. The first-order valence-corrected chi connectivity index (χ1v) is 6.59. The van der Waals surface area contributed by atoms with Gasteiger partial charge in [0.2, 0.25) is 0 Å². The first kappa shape index (κ1) is 13.7. The number of aryl methyl sites for hydroxylation is 1. The van der Waals surface area contributed by atoms with E-state index in [9.17, 15) is 9.90 Å². The maximum atomic E-state index is 11.3. The number of ether oxygens (including phenoxy) is 2. The van der Waals surface area contributed by atoms with Gasteiger partial charge < -0.3 is 14.6 Å². The predicted molar refractivity (Wildman–Crippen MR) is 71.9 cm³/mol. The molecule has 0 radical (unpaired) electrons. The van der Waals surface area contributed by atoms with E-state index in [1.165, 1.54) is 0 Å². The first-order valence-electron chi connectivity index (χ1n) is 6.59. The van der Waals surface area contributed by atoms with E-state index in [2.05, 4.69) is 6.92 Å². The molecule has 4 nitrogen and oxygen atoms in total. The monoisotopic (exact) mass is 264 g/mol. The summed E-state index contributed by atoms with van der Waals surface area (Å²) in [5.74, 6) is 0.698. The smallest absolute Gasteiger partial charge is 0.309 e. The van der Waals surface area contributed by atoms with Crippen molar-refractivity contribution in [3.8, 4) is 11.5 Å². The standard InChI is InChI=1S/C15H20O4/c1-4-10-7-12-13(19-6-5-18-12)8-11(10)9-15(2,3)14(16)17/h7-8H,4-6,9H2,1-3H3,(H,16,17). The van der Waals surface area contributed by atoms with Gasteiger partial charge in [-0.05, 0) is 49.9 Å². The van der Waals surface area contributed by atoms with Crippen LogP contribution in [0.3, 0.4) is 0 Å². The van der Waals surface area contributed by atoms with E-state index in [0.29, 0.717) is 19.6 Å². The van der Waals surface area contributed by atoms with Gasteiger partial charge in [-0.25, -0.2) is 0 Å². The summed E-state index contributed by atoms with van der Waals surface area (Å²) < 4.78 is 11.1. The number of carboxylic acids is 1. The Morgan fingerprint density at radius 3 is 2.21 bits per heavy atom. The van der Waals surface area contributed by atoms with E-state index in [1.807, 2.05) is 12.1 Å². The van der Waals surface area contributed by atoms with Crippen LogP contribution in [-0.4, -0.2) is 24.3 Å². The van der Waals surface area contributed by atoms with E-state index in [0.717, 1.165) is 29.0 Å². The molecule has 19 heavy (non-hydrogen) atoms. The largest absolute Gasteiger partial charge is 0.486 e. The average molecular weight is 264 g/mol. The lowest BCUT2D eigenvalue weighted by molar-refractivity contribution is -0.146. The highest BCUT2D eigenvalue weighted by Crippen LogP contribution is 2.36. The lowest BCUT2D eigenvalue weighted by Gasteiger charge is -2.24. The molecule has 0 saturated heterocycles. The molecule has 0 saturated carbocycles. The molecular formula is C15H20O4. The van der Waals surface area contributed by atoms with Gasteiger partial charge in [0.15, 0.2) is 11.5 Å². The molecule has 1 N–H and O–H groups in total. The maximum absolute atomic E-state index is 11.3. The van der Waals surface area contributed by atoms with Gasteiger partial charge in [-0.3, -0.25) is 4.79 Å². The number of aliphatic carboxylic acids is 1. The molecule has 4 heteroatoms. The zero-order valence-corrected chi connectivity index (χ0v) is 11.7. The lowest BCUT2D eigenvalue weighted by Crippen LogP contribution is -2.27. The summed E-state index contributed by atoms with van der Waals surface area (Å²) in [6, 6.07) is 3.90. The minimum absolute atomic E-state index is 0.488. The van der Waals surface area contributed by atoms with E-state index < -0.39 is 11.4 Å². The molecule has 1 aromatic rings. The Kier molecular flexibility index (Phi) is 3.69. The van der Waals surface area contributed by atoms with Crippen molar-refractivity contribution in [1.29, 1.82) is 0 Å². The molecule has 0 bridgehead atoms. The Morgan fingerprint density at radius 2 is 1.74 bits per heavy atom. The van der Waals surface area contributed by atoms with E-state index >= 15 is 0 Å². The number of carbonyl (C=O) groups is 1. The van der Waals surface area contributed by atoms with Crippen molar-refractivity contribution in [2.45, 2.75) is 33.6 Å². The van der Waals surface area contributed by atoms with Crippen molar-refractivity contribution in [3.05, 3.63) is 23.3 Å². The van der Waals surface area contributed by atoms with E-state index in [1.54, 1.807) is 13.8 Å². The highest BCUT2D eigenvalue weighted by molar-refractivity contribution is 5.74. The topological polar surface area (TPSA) is 55.8 Å². The average Bonchev–Trinajstić information content (AvgIpc) is 2.37. The highest BCUT2D eigenvalue weighted by atomic mass is 16.6. The fourth-order valence-electron chi connectivity index (χ4n) is 2.22. The van der Waals surface area contributed by atoms with Crippen LogP contribution in [0.5, 0.6) is 11.5 Å². The third-order valence-electron chi connectivity index (χ3n) is 3.46. The number of hydrogen-bond acceptors (Lipinski definition) is 3. The van der Waals surface area contributed by atoms with Crippen LogP contribution in [0.25, 0.3) is 0 Å². The van der Waals surface area contributed by atoms with E-state index in [-0.39, 0.29) is 0 Å². The fraction of sp³-hybridized carbons (Fsp3) is 0.533.